The molecule has 2 rings (SSSR count). The molecule has 0 fully saturated rings. The molecule has 0 spiro atoms. The van der Waals surface area contributed by atoms with Gasteiger partial charge in [-0.1, -0.05) is 11.6 Å². The van der Waals surface area contributed by atoms with Gasteiger partial charge in [-0.2, -0.15) is 0 Å². The van der Waals surface area contributed by atoms with E-state index < -0.39 is 0 Å². The number of fused-ring (bicyclic) bond motifs is 1. The molecule has 3 heteroatoms. The van der Waals surface area contributed by atoms with E-state index in [9.17, 15) is 0 Å². The van der Waals surface area contributed by atoms with Crippen LogP contribution in [0.25, 0.3) is 10.9 Å². The summed E-state index contributed by atoms with van der Waals surface area (Å²) in [5, 5.41) is 1.95. The fourth-order valence-electron chi connectivity index (χ4n) is 1.07. The predicted octanol–water partition coefficient (Wildman–Crippen LogP) is 3.43. The van der Waals surface area contributed by atoms with Crippen molar-refractivity contribution in [3.05, 3.63) is 33.0 Å². The number of aromatic nitrogens is 1. The van der Waals surface area contributed by atoms with E-state index in [2.05, 4.69) is 33.6 Å². The van der Waals surface area contributed by atoms with Crippen molar-refractivity contribution in [3.63, 3.8) is 0 Å². The zero-order valence-corrected chi connectivity index (χ0v) is 8.48. The van der Waals surface area contributed by atoms with Gasteiger partial charge < -0.3 is 4.98 Å². The van der Waals surface area contributed by atoms with Gasteiger partial charge in [0.05, 0.1) is 3.70 Å². The highest BCUT2D eigenvalue weighted by atomic mass is 127. The number of aromatic amines is 1. The molecule has 0 radical (unpaired) electrons. The normalized spacial score (nSPS) is 10.7. The lowest BCUT2D eigenvalue weighted by Gasteiger charge is -1.88. The Morgan fingerprint density at radius 3 is 2.91 bits per heavy atom. The van der Waals surface area contributed by atoms with E-state index in [1.807, 2.05) is 18.2 Å². The zero-order chi connectivity index (χ0) is 7.84. The summed E-state index contributed by atoms with van der Waals surface area (Å²) in [6.45, 7) is 0. The topological polar surface area (TPSA) is 15.8 Å². The second-order valence-electron chi connectivity index (χ2n) is 2.35. The van der Waals surface area contributed by atoms with Crippen molar-refractivity contribution in [2.45, 2.75) is 0 Å². The van der Waals surface area contributed by atoms with Gasteiger partial charge >= 0.3 is 0 Å². The van der Waals surface area contributed by atoms with E-state index >= 15 is 0 Å². The Morgan fingerprint density at radius 2 is 2.09 bits per heavy atom. The summed E-state index contributed by atoms with van der Waals surface area (Å²) in [7, 11) is 0. The smallest absolute Gasteiger partial charge is 0.0782 e. The molecule has 11 heavy (non-hydrogen) atoms. The summed E-state index contributed by atoms with van der Waals surface area (Å²) in [5.74, 6) is 0. The number of H-pyrrole nitrogens is 1. The molecule has 2 aromatic rings. The summed E-state index contributed by atoms with van der Waals surface area (Å²) < 4.78 is 1.14. The number of hydrogen-bond acceptors (Lipinski definition) is 0. The minimum absolute atomic E-state index is 0.785. The highest BCUT2D eigenvalue weighted by Crippen LogP contribution is 2.20. The first-order valence-corrected chi connectivity index (χ1v) is 4.65. The molecule has 0 saturated carbocycles. The van der Waals surface area contributed by atoms with Crippen molar-refractivity contribution in [3.8, 4) is 0 Å². The van der Waals surface area contributed by atoms with Crippen LogP contribution in [0.15, 0.2) is 24.3 Å². The maximum Gasteiger partial charge on any atom is 0.0782 e. The molecule has 0 saturated heterocycles. The van der Waals surface area contributed by atoms with Crippen LogP contribution in [0.1, 0.15) is 0 Å². The monoisotopic (exact) mass is 277 g/mol. The molecule has 56 valence electrons. The van der Waals surface area contributed by atoms with E-state index in [1.54, 1.807) is 0 Å². The quantitative estimate of drug-likeness (QED) is 0.710. The molecule has 0 unspecified atom stereocenters. The molecule has 1 nitrogen and oxygen atoms in total. The highest BCUT2D eigenvalue weighted by molar-refractivity contribution is 14.1. The third-order valence-corrected chi connectivity index (χ3v) is 2.37. The van der Waals surface area contributed by atoms with Crippen molar-refractivity contribution >= 4 is 45.1 Å². The zero-order valence-electron chi connectivity index (χ0n) is 5.57. The van der Waals surface area contributed by atoms with Gasteiger partial charge in [-0.15, -0.1) is 0 Å². The molecule has 0 aliphatic rings. The lowest BCUT2D eigenvalue weighted by Crippen LogP contribution is -1.66. The second-order valence-corrected chi connectivity index (χ2v) is 3.95. The molecule has 0 amide bonds. The Labute approximate surface area is 82.9 Å². The Hall–Kier alpha value is -0.220. The summed E-state index contributed by atoms with van der Waals surface area (Å²) >= 11 is 8.06. The van der Waals surface area contributed by atoms with Crippen LogP contribution in [-0.2, 0) is 0 Å². The van der Waals surface area contributed by atoms with Gasteiger partial charge in [-0.05, 0) is 46.9 Å². The fraction of sp³-hybridized carbons (Fsp3) is 0. The van der Waals surface area contributed by atoms with Crippen LogP contribution >= 0.6 is 34.2 Å². The Kier molecular flexibility index (Phi) is 1.81. The Balaban J connectivity index is 2.82. The Bertz CT molecular complexity index is 394. The standard InChI is InChI=1S/C8H5ClIN/c9-6-1-2-7-5(3-6)4-8(10)11-7/h1-4,11H. The van der Waals surface area contributed by atoms with Gasteiger partial charge in [0.2, 0.25) is 0 Å². The summed E-state index contributed by atoms with van der Waals surface area (Å²) in [6.07, 6.45) is 0. The van der Waals surface area contributed by atoms with E-state index in [1.165, 1.54) is 5.39 Å². The van der Waals surface area contributed by atoms with E-state index in [4.69, 9.17) is 11.6 Å². The first kappa shape index (κ1) is 7.43. The number of hydrogen-bond donors (Lipinski definition) is 1. The van der Waals surface area contributed by atoms with Gasteiger partial charge in [0, 0.05) is 15.9 Å². The summed E-state index contributed by atoms with van der Waals surface area (Å²) in [5.41, 5.74) is 1.14. The highest BCUT2D eigenvalue weighted by Gasteiger charge is 1.97. The fourth-order valence-corrected chi connectivity index (χ4v) is 1.87. The first-order chi connectivity index (χ1) is 5.25. The largest absolute Gasteiger partial charge is 0.350 e. The lowest BCUT2D eigenvalue weighted by molar-refractivity contribution is 1.41. The minimum Gasteiger partial charge on any atom is -0.350 e. The molecular formula is C8H5ClIN. The molecule has 1 aromatic heterocycles. The molecule has 0 bridgehead atoms. The van der Waals surface area contributed by atoms with Crippen molar-refractivity contribution in [1.82, 2.24) is 4.98 Å². The molecular weight excluding hydrogens is 272 g/mol. The number of halogens is 2. The SMILES string of the molecule is Clc1ccc2[nH]c(I)cc2c1. The molecule has 0 aliphatic carbocycles. The van der Waals surface area contributed by atoms with Crippen molar-refractivity contribution in [2.24, 2.45) is 0 Å². The molecule has 1 heterocycles. The Morgan fingerprint density at radius 1 is 1.27 bits per heavy atom. The average Bonchev–Trinajstić information content (AvgIpc) is 2.27. The molecule has 1 aromatic carbocycles. The predicted molar refractivity (Wildman–Crippen MR) is 56.0 cm³/mol. The van der Waals surface area contributed by atoms with Crippen LogP contribution in [-0.4, -0.2) is 4.98 Å². The average molecular weight is 277 g/mol. The van der Waals surface area contributed by atoms with Crippen molar-refractivity contribution in [1.29, 1.82) is 0 Å². The third kappa shape index (κ3) is 1.37. The van der Waals surface area contributed by atoms with Gasteiger partial charge in [-0.3, -0.25) is 0 Å². The second kappa shape index (κ2) is 2.68. The molecule has 1 N–H and O–H groups in total. The van der Waals surface area contributed by atoms with E-state index in [0.717, 1.165) is 14.2 Å². The summed E-state index contributed by atoms with van der Waals surface area (Å²) in [4.78, 5) is 3.21. The van der Waals surface area contributed by atoms with Crippen LogP contribution in [0.3, 0.4) is 0 Å². The van der Waals surface area contributed by atoms with E-state index in [0.29, 0.717) is 0 Å². The maximum atomic E-state index is 5.81. The van der Waals surface area contributed by atoms with Crippen LogP contribution in [0.5, 0.6) is 0 Å². The lowest BCUT2D eigenvalue weighted by atomic mass is 10.2. The van der Waals surface area contributed by atoms with Crippen LogP contribution in [0, 0.1) is 3.70 Å². The van der Waals surface area contributed by atoms with E-state index in [-0.39, 0.29) is 0 Å². The van der Waals surface area contributed by atoms with Gasteiger partial charge in [0.1, 0.15) is 0 Å². The summed E-state index contributed by atoms with van der Waals surface area (Å²) in [6, 6.07) is 7.90. The molecule has 0 aliphatic heterocycles. The number of nitrogens with one attached hydrogen (secondary N) is 1. The van der Waals surface area contributed by atoms with Crippen LogP contribution < -0.4 is 0 Å². The molecule has 0 atom stereocenters. The van der Waals surface area contributed by atoms with Gasteiger partial charge in [0.15, 0.2) is 0 Å². The van der Waals surface area contributed by atoms with Gasteiger partial charge in [0.25, 0.3) is 0 Å². The number of benzene rings is 1. The van der Waals surface area contributed by atoms with Crippen molar-refractivity contribution < 1.29 is 0 Å². The van der Waals surface area contributed by atoms with Gasteiger partial charge in [-0.25, -0.2) is 0 Å². The first-order valence-electron chi connectivity index (χ1n) is 3.19. The minimum atomic E-state index is 0.785. The third-order valence-electron chi connectivity index (χ3n) is 1.55. The number of rotatable bonds is 0. The van der Waals surface area contributed by atoms with Crippen molar-refractivity contribution in [2.75, 3.05) is 0 Å². The van der Waals surface area contributed by atoms with Crippen LogP contribution in [0.2, 0.25) is 5.02 Å². The maximum absolute atomic E-state index is 5.81. The van der Waals surface area contributed by atoms with Crippen LogP contribution in [0.4, 0.5) is 0 Å².